The van der Waals surface area contributed by atoms with E-state index < -0.39 is 32.5 Å². The van der Waals surface area contributed by atoms with E-state index in [0.29, 0.717) is 38.2 Å². The van der Waals surface area contributed by atoms with Gasteiger partial charge in [0.15, 0.2) is 5.96 Å². The average molecular weight is 427 g/mol. The molecule has 1 amide bonds. The number of ether oxygens (including phenoxy) is 1. The highest BCUT2D eigenvalue weighted by atomic mass is 32.5. The number of aliphatic imine (C=N–C) groups is 1. The van der Waals surface area contributed by atoms with E-state index in [1.807, 2.05) is 0 Å². The summed E-state index contributed by atoms with van der Waals surface area (Å²) in [5.41, 5.74) is 5.06. The summed E-state index contributed by atoms with van der Waals surface area (Å²) >= 11 is 0. The Bertz CT molecular complexity index is 822. The maximum absolute atomic E-state index is 13.0. The lowest BCUT2D eigenvalue weighted by molar-refractivity contribution is -0.131. The second-order valence-corrected chi connectivity index (χ2v) is 9.86. The fourth-order valence-corrected chi connectivity index (χ4v) is 4.60. The molecule has 158 valence electrons. The first-order chi connectivity index (χ1) is 12.6. The number of rotatable bonds is 3. The van der Waals surface area contributed by atoms with E-state index in [0.717, 1.165) is 17.0 Å². The standard InChI is InChI=1S/C17H22F5N3O2S/c1-17(12-7-9-27-10-8-12)14(15(26)25(2)16(23)24-17)11-3-5-13(6-4-11)28(18,19,20,21)22/h3-6,12,14H,7-10H2,1-2H3,(H2,23,24)/t14-,17+/m0/s1. The number of hydrogen-bond acceptors (Lipinski definition) is 4. The maximum atomic E-state index is 13.0. The van der Waals surface area contributed by atoms with Crippen LogP contribution in [0.15, 0.2) is 34.2 Å². The van der Waals surface area contributed by atoms with Crippen LogP contribution in [0.4, 0.5) is 19.4 Å². The van der Waals surface area contributed by atoms with Crippen molar-refractivity contribution in [3.8, 4) is 0 Å². The predicted octanol–water partition coefficient (Wildman–Crippen LogP) is 4.40. The Kier molecular flexibility index (Phi) is 4.33. The van der Waals surface area contributed by atoms with Gasteiger partial charge in [0.2, 0.25) is 5.91 Å². The van der Waals surface area contributed by atoms with Crippen molar-refractivity contribution in [2.45, 2.75) is 36.1 Å². The smallest absolute Gasteiger partial charge is 0.310 e. The molecule has 1 aromatic carbocycles. The third kappa shape index (κ3) is 3.69. The maximum Gasteiger partial charge on any atom is 0.310 e. The van der Waals surface area contributed by atoms with E-state index in [9.17, 15) is 24.2 Å². The van der Waals surface area contributed by atoms with E-state index in [-0.39, 0.29) is 17.4 Å². The monoisotopic (exact) mass is 427 g/mol. The Labute approximate surface area is 159 Å². The summed E-state index contributed by atoms with van der Waals surface area (Å²) in [6, 6.07) is 2.52. The van der Waals surface area contributed by atoms with Gasteiger partial charge in [-0.25, -0.2) is 4.99 Å². The SMILES string of the molecule is CN1C(=O)[C@H](c2ccc(S(F)(F)(F)(F)F)cc2)[C@@](C)(C2CCOCC2)N=C1N. The number of carbonyl (C=O) groups excluding carboxylic acids is 1. The molecule has 11 heteroatoms. The predicted molar refractivity (Wildman–Crippen MR) is 96.9 cm³/mol. The normalized spacial score (nSPS) is 29.8. The van der Waals surface area contributed by atoms with Gasteiger partial charge in [-0.1, -0.05) is 31.6 Å². The van der Waals surface area contributed by atoms with Crippen LogP contribution in [-0.2, 0) is 9.53 Å². The summed E-state index contributed by atoms with van der Waals surface area (Å²) in [5.74, 6) is -1.47. The number of amides is 1. The molecule has 0 bridgehead atoms. The highest BCUT2D eigenvalue weighted by molar-refractivity contribution is 8.45. The van der Waals surface area contributed by atoms with Gasteiger partial charge < -0.3 is 10.5 Å². The number of nitrogens with two attached hydrogens (primary N) is 1. The van der Waals surface area contributed by atoms with Crippen molar-refractivity contribution in [3.05, 3.63) is 29.8 Å². The van der Waals surface area contributed by atoms with Gasteiger partial charge in [0.25, 0.3) is 0 Å². The summed E-state index contributed by atoms with van der Waals surface area (Å²) in [6.45, 7) is 2.66. The summed E-state index contributed by atoms with van der Waals surface area (Å²) in [7, 11) is -8.37. The zero-order valence-electron chi connectivity index (χ0n) is 15.4. The van der Waals surface area contributed by atoms with Crippen LogP contribution in [0.3, 0.4) is 0 Å². The molecular weight excluding hydrogens is 405 g/mol. The van der Waals surface area contributed by atoms with E-state index in [1.165, 1.54) is 7.05 Å². The Hall–Kier alpha value is -1.88. The van der Waals surface area contributed by atoms with Gasteiger partial charge in [0.05, 0.1) is 11.5 Å². The Morgan fingerprint density at radius 3 is 2.18 bits per heavy atom. The molecule has 2 N–H and O–H groups in total. The molecule has 2 atom stereocenters. The third-order valence-corrected chi connectivity index (χ3v) is 6.73. The number of carbonyl (C=O) groups is 1. The van der Waals surface area contributed by atoms with Crippen molar-refractivity contribution in [1.29, 1.82) is 0 Å². The van der Waals surface area contributed by atoms with Crippen LogP contribution in [0.1, 0.15) is 31.2 Å². The van der Waals surface area contributed by atoms with Crippen LogP contribution < -0.4 is 5.73 Å². The minimum absolute atomic E-state index is 0.0128. The quantitative estimate of drug-likeness (QED) is 0.727. The molecule has 2 heterocycles. The number of benzene rings is 1. The summed E-state index contributed by atoms with van der Waals surface area (Å²) in [5, 5.41) is 0. The van der Waals surface area contributed by atoms with Crippen molar-refractivity contribution in [2.75, 3.05) is 20.3 Å². The summed E-state index contributed by atoms with van der Waals surface area (Å²) in [6.07, 6.45) is 1.20. The molecule has 2 aliphatic rings. The molecule has 2 aliphatic heterocycles. The molecule has 3 rings (SSSR count). The fraction of sp³-hybridized carbons (Fsp3) is 0.529. The van der Waals surface area contributed by atoms with Gasteiger partial charge in [0.1, 0.15) is 4.90 Å². The summed E-state index contributed by atoms with van der Waals surface area (Å²) in [4.78, 5) is 16.6. The Morgan fingerprint density at radius 2 is 1.68 bits per heavy atom. The first-order valence-electron chi connectivity index (χ1n) is 8.68. The van der Waals surface area contributed by atoms with Crippen LogP contribution in [0, 0.1) is 5.92 Å². The molecule has 0 aliphatic carbocycles. The number of likely N-dealkylation sites (N-methyl/N-ethyl adjacent to an activating group) is 1. The minimum Gasteiger partial charge on any atom is -0.381 e. The molecule has 0 saturated carbocycles. The zero-order valence-corrected chi connectivity index (χ0v) is 16.2. The highest BCUT2D eigenvalue weighted by Gasteiger charge is 2.65. The fourth-order valence-electron chi connectivity index (χ4n) is 3.95. The lowest BCUT2D eigenvalue weighted by Gasteiger charge is -2.46. The van der Waals surface area contributed by atoms with Crippen molar-refractivity contribution < 1.29 is 29.0 Å². The van der Waals surface area contributed by atoms with E-state index in [4.69, 9.17) is 10.5 Å². The Balaban J connectivity index is 2.08. The van der Waals surface area contributed by atoms with Gasteiger partial charge in [-0.05, 0) is 43.4 Å². The third-order valence-electron chi connectivity index (χ3n) is 5.57. The molecule has 28 heavy (non-hydrogen) atoms. The molecule has 0 unspecified atom stereocenters. The minimum atomic E-state index is -9.79. The van der Waals surface area contributed by atoms with Gasteiger partial charge in [-0.2, -0.15) is 0 Å². The zero-order chi connectivity index (χ0) is 21.0. The van der Waals surface area contributed by atoms with Crippen LogP contribution in [0.2, 0.25) is 0 Å². The lowest BCUT2D eigenvalue weighted by atomic mass is 9.68. The molecule has 5 nitrogen and oxygen atoms in total. The van der Waals surface area contributed by atoms with Gasteiger partial charge in [-0.15, -0.1) is 0 Å². The van der Waals surface area contributed by atoms with Crippen molar-refractivity contribution in [3.63, 3.8) is 0 Å². The number of nitrogens with zero attached hydrogens (tertiary/aromatic N) is 2. The average Bonchev–Trinajstić information content (AvgIpc) is 2.59. The van der Waals surface area contributed by atoms with Gasteiger partial charge in [0, 0.05) is 20.3 Å². The topological polar surface area (TPSA) is 67.9 Å². The molecule has 0 spiro atoms. The molecule has 1 saturated heterocycles. The van der Waals surface area contributed by atoms with E-state index >= 15 is 0 Å². The highest BCUT2D eigenvalue weighted by Crippen LogP contribution is 3.02. The second kappa shape index (κ2) is 5.82. The van der Waals surface area contributed by atoms with Crippen LogP contribution in [-0.4, -0.2) is 42.6 Å². The van der Waals surface area contributed by atoms with Crippen LogP contribution >= 0.6 is 10.2 Å². The van der Waals surface area contributed by atoms with E-state index in [1.54, 1.807) is 6.92 Å². The van der Waals surface area contributed by atoms with Gasteiger partial charge in [-0.3, -0.25) is 9.69 Å². The molecule has 1 aromatic rings. The van der Waals surface area contributed by atoms with Crippen LogP contribution in [0.5, 0.6) is 0 Å². The summed E-state index contributed by atoms with van der Waals surface area (Å²) < 4.78 is 70.5. The number of guanidine groups is 1. The Morgan fingerprint density at radius 1 is 1.14 bits per heavy atom. The molecule has 0 aromatic heterocycles. The van der Waals surface area contributed by atoms with E-state index in [2.05, 4.69) is 4.99 Å². The van der Waals surface area contributed by atoms with Gasteiger partial charge >= 0.3 is 10.2 Å². The molecular formula is C17H22F5N3O2S. The number of hydrogen-bond donors (Lipinski definition) is 1. The van der Waals surface area contributed by atoms with Crippen molar-refractivity contribution >= 4 is 22.1 Å². The number of halogens is 5. The molecule has 1 fully saturated rings. The lowest BCUT2D eigenvalue weighted by Crippen LogP contribution is -2.57. The first kappa shape index (κ1) is 20.8. The van der Waals surface area contributed by atoms with Crippen molar-refractivity contribution in [2.24, 2.45) is 16.6 Å². The first-order valence-corrected chi connectivity index (χ1v) is 10.6. The molecule has 0 radical (unpaired) electrons. The van der Waals surface area contributed by atoms with Crippen LogP contribution in [0.25, 0.3) is 0 Å². The largest absolute Gasteiger partial charge is 0.381 e. The second-order valence-electron chi connectivity index (χ2n) is 7.45. The van der Waals surface area contributed by atoms with Crippen molar-refractivity contribution in [1.82, 2.24) is 4.90 Å².